The molecule has 1 fully saturated rings. The highest BCUT2D eigenvalue weighted by Crippen LogP contribution is 2.30. The Labute approximate surface area is 153 Å². The summed E-state index contributed by atoms with van der Waals surface area (Å²) >= 11 is 1.80. The summed E-state index contributed by atoms with van der Waals surface area (Å²) in [5, 5.41) is 12.1. The number of nitrogens with zero attached hydrogens (tertiary/aromatic N) is 2. The number of hydrogen-bond acceptors (Lipinski definition) is 5. The standard InChI is InChI=1S/C20H26N2O2S/c1-15-7-9-22(10-8-15)18(20-4-3-11-25-20)14-21-13-16-12-17(24-2)5-6-19(16)23/h3-6,11-13,15,18,23H,7-10,14H2,1-2H3/t18-/m1/s1. The number of ether oxygens (including phenoxy) is 1. The molecule has 0 saturated carbocycles. The number of benzene rings is 1. The Morgan fingerprint density at radius 3 is 2.84 bits per heavy atom. The third-order valence-electron chi connectivity index (χ3n) is 4.87. The summed E-state index contributed by atoms with van der Waals surface area (Å²) < 4.78 is 5.22. The van der Waals surface area contributed by atoms with Gasteiger partial charge in [-0.25, -0.2) is 0 Å². The molecule has 1 N–H and O–H groups in total. The average molecular weight is 359 g/mol. The number of aromatic hydroxyl groups is 1. The zero-order valence-corrected chi connectivity index (χ0v) is 15.7. The number of methoxy groups -OCH3 is 1. The van der Waals surface area contributed by atoms with E-state index in [0.29, 0.717) is 18.2 Å². The Hall–Kier alpha value is -1.85. The Morgan fingerprint density at radius 1 is 1.36 bits per heavy atom. The number of phenols is 1. The second kappa shape index (κ2) is 8.50. The van der Waals surface area contributed by atoms with Crippen molar-refractivity contribution in [2.24, 2.45) is 10.9 Å². The normalized spacial score (nSPS) is 17.8. The van der Waals surface area contributed by atoms with Crippen LogP contribution in [0.3, 0.4) is 0 Å². The molecule has 2 heterocycles. The summed E-state index contributed by atoms with van der Waals surface area (Å²) in [6.45, 7) is 5.29. The van der Waals surface area contributed by atoms with E-state index in [1.807, 2.05) is 6.07 Å². The Morgan fingerprint density at radius 2 is 2.16 bits per heavy atom. The maximum atomic E-state index is 10.0. The van der Waals surface area contributed by atoms with Gasteiger partial charge in [-0.2, -0.15) is 0 Å². The van der Waals surface area contributed by atoms with Crippen LogP contribution in [0.5, 0.6) is 11.5 Å². The first kappa shape index (κ1) is 18.0. The molecule has 0 spiro atoms. The fraction of sp³-hybridized carbons (Fsp3) is 0.450. The van der Waals surface area contributed by atoms with Crippen molar-refractivity contribution in [3.8, 4) is 11.5 Å². The lowest BCUT2D eigenvalue weighted by Crippen LogP contribution is -2.37. The number of aliphatic imine (C=N–C) groups is 1. The number of phenolic OH excluding ortho intramolecular Hbond substituents is 1. The van der Waals surface area contributed by atoms with Crippen molar-refractivity contribution in [2.75, 3.05) is 26.7 Å². The summed E-state index contributed by atoms with van der Waals surface area (Å²) in [5.74, 6) is 1.76. The molecule has 2 aromatic rings. The number of piperidine rings is 1. The molecule has 1 atom stereocenters. The van der Waals surface area contributed by atoms with Crippen molar-refractivity contribution >= 4 is 17.6 Å². The van der Waals surface area contributed by atoms with Gasteiger partial charge in [0.15, 0.2) is 0 Å². The minimum atomic E-state index is 0.226. The number of hydrogen-bond donors (Lipinski definition) is 1. The molecule has 25 heavy (non-hydrogen) atoms. The maximum Gasteiger partial charge on any atom is 0.124 e. The molecule has 1 aromatic carbocycles. The second-order valence-corrected chi connectivity index (χ2v) is 7.65. The third kappa shape index (κ3) is 4.61. The van der Waals surface area contributed by atoms with E-state index in [1.54, 1.807) is 36.8 Å². The summed E-state index contributed by atoms with van der Waals surface area (Å²) in [6.07, 6.45) is 4.26. The zero-order valence-electron chi connectivity index (χ0n) is 14.9. The highest BCUT2D eigenvalue weighted by Gasteiger charge is 2.24. The molecule has 4 nitrogen and oxygen atoms in total. The SMILES string of the molecule is COc1ccc(O)c(C=NC[C@H](c2cccs2)N2CCC(C)CC2)c1. The van der Waals surface area contributed by atoms with Crippen molar-refractivity contribution in [1.82, 2.24) is 4.90 Å². The molecule has 0 bridgehead atoms. The Balaban J connectivity index is 1.72. The van der Waals surface area contributed by atoms with Gasteiger partial charge in [0, 0.05) is 16.7 Å². The van der Waals surface area contributed by atoms with Crippen molar-refractivity contribution in [3.63, 3.8) is 0 Å². The van der Waals surface area contributed by atoms with Crippen LogP contribution in [0.25, 0.3) is 0 Å². The molecule has 1 saturated heterocycles. The summed E-state index contributed by atoms with van der Waals surface area (Å²) in [5.41, 5.74) is 0.691. The monoisotopic (exact) mass is 358 g/mol. The van der Waals surface area contributed by atoms with Gasteiger partial charge in [0.05, 0.1) is 19.7 Å². The molecule has 0 radical (unpaired) electrons. The van der Waals surface area contributed by atoms with E-state index >= 15 is 0 Å². The number of likely N-dealkylation sites (tertiary alicyclic amines) is 1. The average Bonchev–Trinajstić information content (AvgIpc) is 3.15. The molecule has 1 aliphatic heterocycles. The highest BCUT2D eigenvalue weighted by atomic mass is 32.1. The number of rotatable bonds is 6. The smallest absolute Gasteiger partial charge is 0.124 e. The van der Waals surface area contributed by atoms with E-state index in [1.165, 1.54) is 17.7 Å². The van der Waals surface area contributed by atoms with E-state index in [4.69, 9.17) is 4.74 Å². The van der Waals surface area contributed by atoms with Crippen LogP contribution in [0, 0.1) is 5.92 Å². The fourth-order valence-electron chi connectivity index (χ4n) is 3.22. The van der Waals surface area contributed by atoms with Crippen molar-refractivity contribution in [1.29, 1.82) is 0 Å². The second-order valence-electron chi connectivity index (χ2n) is 6.67. The molecule has 1 aromatic heterocycles. The lowest BCUT2D eigenvalue weighted by molar-refractivity contribution is 0.143. The van der Waals surface area contributed by atoms with Gasteiger partial charge >= 0.3 is 0 Å². The van der Waals surface area contributed by atoms with Crippen LogP contribution in [0.2, 0.25) is 0 Å². The Bertz CT molecular complexity index is 692. The zero-order chi connectivity index (χ0) is 17.6. The van der Waals surface area contributed by atoms with Crippen LogP contribution < -0.4 is 4.74 Å². The van der Waals surface area contributed by atoms with Gasteiger partial charge in [-0.15, -0.1) is 11.3 Å². The molecule has 1 aliphatic rings. The molecule has 134 valence electrons. The van der Waals surface area contributed by atoms with Gasteiger partial charge in [-0.05, 0) is 61.5 Å². The maximum absolute atomic E-state index is 10.0. The minimum Gasteiger partial charge on any atom is -0.507 e. The predicted molar refractivity (Wildman–Crippen MR) is 104 cm³/mol. The first-order valence-corrected chi connectivity index (χ1v) is 9.69. The lowest BCUT2D eigenvalue weighted by Gasteiger charge is -2.35. The Kier molecular flexibility index (Phi) is 6.10. The largest absolute Gasteiger partial charge is 0.507 e. The van der Waals surface area contributed by atoms with Gasteiger partial charge in [-0.3, -0.25) is 9.89 Å². The first-order chi connectivity index (χ1) is 12.2. The van der Waals surface area contributed by atoms with Crippen LogP contribution in [0.4, 0.5) is 0 Å². The van der Waals surface area contributed by atoms with Crippen LogP contribution in [0.15, 0.2) is 40.7 Å². The number of thiophene rings is 1. The van der Waals surface area contributed by atoms with E-state index in [-0.39, 0.29) is 5.75 Å². The lowest BCUT2D eigenvalue weighted by atomic mass is 9.97. The van der Waals surface area contributed by atoms with E-state index in [9.17, 15) is 5.11 Å². The van der Waals surface area contributed by atoms with E-state index in [0.717, 1.165) is 24.8 Å². The molecular weight excluding hydrogens is 332 g/mol. The topological polar surface area (TPSA) is 45.1 Å². The molecule has 5 heteroatoms. The van der Waals surface area contributed by atoms with Gasteiger partial charge in [0.2, 0.25) is 0 Å². The van der Waals surface area contributed by atoms with Gasteiger partial charge in [-0.1, -0.05) is 13.0 Å². The van der Waals surface area contributed by atoms with Crippen LogP contribution in [-0.2, 0) is 0 Å². The van der Waals surface area contributed by atoms with Crippen molar-refractivity contribution in [3.05, 3.63) is 46.2 Å². The molecule has 0 aliphatic carbocycles. The van der Waals surface area contributed by atoms with Gasteiger partial charge in [0.1, 0.15) is 11.5 Å². The minimum absolute atomic E-state index is 0.226. The summed E-state index contributed by atoms with van der Waals surface area (Å²) in [4.78, 5) is 8.57. The summed E-state index contributed by atoms with van der Waals surface area (Å²) in [7, 11) is 1.62. The van der Waals surface area contributed by atoms with E-state index in [2.05, 4.69) is 34.3 Å². The van der Waals surface area contributed by atoms with Crippen LogP contribution >= 0.6 is 11.3 Å². The summed E-state index contributed by atoms with van der Waals surface area (Å²) in [6, 6.07) is 9.82. The molecule has 0 unspecified atom stereocenters. The van der Waals surface area contributed by atoms with E-state index < -0.39 is 0 Å². The van der Waals surface area contributed by atoms with Gasteiger partial charge in [0.25, 0.3) is 0 Å². The predicted octanol–water partition coefficient (Wildman–Crippen LogP) is 4.35. The van der Waals surface area contributed by atoms with Crippen molar-refractivity contribution in [2.45, 2.75) is 25.8 Å². The fourth-order valence-corrected chi connectivity index (χ4v) is 4.07. The van der Waals surface area contributed by atoms with Gasteiger partial charge < -0.3 is 9.84 Å². The first-order valence-electron chi connectivity index (χ1n) is 8.81. The highest BCUT2D eigenvalue weighted by molar-refractivity contribution is 7.10. The molecule has 0 amide bonds. The molecule has 3 rings (SSSR count). The third-order valence-corrected chi connectivity index (χ3v) is 5.85. The van der Waals surface area contributed by atoms with Crippen LogP contribution in [-0.4, -0.2) is 43.0 Å². The van der Waals surface area contributed by atoms with Crippen molar-refractivity contribution < 1.29 is 9.84 Å². The van der Waals surface area contributed by atoms with Crippen LogP contribution in [0.1, 0.15) is 36.2 Å². The quantitative estimate of drug-likeness (QED) is 0.781. The molecular formula is C20H26N2O2S.